The quantitative estimate of drug-likeness (QED) is 0.236. The Morgan fingerprint density at radius 2 is 1.70 bits per heavy atom. The third kappa shape index (κ3) is 6.51. The van der Waals surface area contributed by atoms with Gasteiger partial charge in [0.05, 0.1) is 20.3 Å². The van der Waals surface area contributed by atoms with Gasteiger partial charge in [0.25, 0.3) is 0 Å². The lowest BCUT2D eigenvalue weighted by molar-refractivity contribution is -0.151. The molecule has 7 heteroatoms. The number of aliphatic imine (C=N–C) groups is 1. The molecule has 0 amide bonds. The smallest absolute Gasteiger partial charge is 0.315 e. The molecule has 1 unspecified atom stereocenters. The molecule has 0 fully saturated rings. The molecule has 3 aromatic carbocycles. The van der Waals surface area contributed by atoms with Crippen LogP contribution in [-0.4, -0.2) is 37.8 Å². The fourth-order valence-corrected chi connectivity index (χ4v) is 5.96. The van der Waals surface area contributed by atoms with Crippen LogP contribution < -0.4 is 14.2 Å². The highest BCUT2D eigenvalue weighted by Crippen LogP contribution is 2.48. The second-order valence-electron chi connectivity index (χ2n) is 11.2. The van der Waals surface area contributed by atoms with Crippen LogP contribution in [0, 0.1) is 5.92 Å². The Bertz CT molecular complexity index is 1540. The first-order valence-electron chi connectivity index (χ1n) is 14.8. The van der Waals surface area contributed by atoms with E-state index in [9.17, 15) is 9.59 Å². The van der Waals surface area contributed by atoms with Crippen molar-refractivity contribution in [2.45, 2.75) is 64.6 Å². The molecule has 2 aliphatic rings. The molecule has 3 aromatic rings. The fourth-order valence-electron chi connectivity index (χ4n) is 5.96. The van der Waals surface area contributed by atoms with E-state index in [4.69, 9.17) is 23.9 Å². The molecule has 1 aliphatic heterocycles. The van der Waals surface area contributed by atoms with Crippen LogP contribution in [0.4, 0.5) is 0 Å². The number of ketones is 1. The normalized spacial score (nSPS) is 20.5. The minimum Gasteiger partial charge on any atom is -0.493 e. The number of hydrogen-bond acceptors (Lipinski definition) is 7. The van der Waals surface area contributed by atoms with Crippen LogP contribution in [0.2, 0.25) is 0 Å². The summed E-state index contributed by atoms with van der Waals surface area (Å²) in [5.74, 6) is 0.237. The van der Waals surface area contributed by atoms with Crippen LogP contribution in [0.15, 0.2) is 89.1 Å². The summed E-state index contributed by atoms with van der Waals surface area (Å²) in [4.78, 5) is 32.6. The fraction of sp³-hybridized carbons (Fsp3) is 0.361. The molecule has 0 aromatic heterocycles. The number of ether oxygens (including phenoxy) is 4. The van der Waals surface area contributed by atoms with Gasteiger partial charge >= 0.3 is 5.97 Å². The zero-order valence-electron chi connectivity index (χ0n) is 25.5. The third-order valence-electron chi connectivity index (χ3n) is 8.38. The molecule has 0 saturated carbocycles. The second kappa shape index (κ2) is 13.3. The number of hydrogen-bond donors (Lipinski definition) is 0. The molecule has 0 saturated heterocycles. The van der Waals surface area contributed by atoms with Crippen LogP contribution in [0.3, 0.4) is 0 Å². The molecule has 0 bridgehead atoms. The zero-order valence-corrected chi connectivity index (χ0v) is 25.5. The lowest BCUT2D eigenvalue weighted by Gasteiger charge is -2.37. The average molecular weight is 582 g/mol. The largest absolute Gasteiger partial charge is 0.493 e. The highest BCUT2D eigenvalue weighted by Gasteiger charge is 2.45. The molecule has 7 nitrogen and oxygen atoms in total. The maximum atomic E-state index is 14.1. The summed E-state index contributed by atoms with van der Waals surface area (Å²) < 4.78 is 22.9. The monoisotopic (exact) mass is 581 g/mol. The molecule has 0 spiro atoms. The summed E-state index contributed by atoms with van der Waals surface area (Å²) in [6.45, 7) is 6.13. The molecule has 4 atom stereocenters. The second-order valence-corrected chi connectivity index (χ2v) is 11.2. The number of allylic oxidation sites excluding steroid dienone is 2. The van der Waals surface area contributed by atoms with Crippen LogP contribution in [0.5, 0.6) is 17.2 Å². The molecule has 1 heterocycles. The van der Waals surface area contributed by atoms with Crippen LogP contribution in [0.1, 0.15) is 68.6 Å². The van der Waals surface area contributed by atoms with Gasteiger partial charge in [-0.15, -0.1) is 0 Å². The van der Waals surface area contributed by atoms with Crippen LogP contribution in [-0.2, 0) is 20.9 Å². The standard InChI is InChI=1S/C36H39NO6/c1-6-22(2)43-36(39)33-23(3)37-29-18-27(25-15-16-31(40-4)32(20-25)41-5)19-30(38)35(29)34(33)26-13-10-14-28(17-26)42-21-24-11-8-7-9-12-24/h7-17,20,22,27,33-34H,6,18-19,21H2,1-5H3/t22-,27-,33?,34-/m1/s1. The number of methoxy groups -OCH3 is 2. The summed E-state index contributed by atoms with van der Waals surface area (Å²) in [5.41, 5.74) is 4.83. The van der Waals surface area contributed by atoms with Gasteiger partial charge in [-0.2, -0.15) is 0 Å². The van der Waals surface area contributed by atoms with Crippen LogP contribution >= 0.6 is 0 Å². The number of rotatable bonds is 10. The van der Waals surface area contributed by atoms with E-state index in [-0.39, 0.29) is 23.8 Å². The first-order valence-corrected chi connectivity index (χ1v) is 14.8. The molecule has 224 valence electrons. The number of nitrogens with zero attached hydrogens (tertiary/aromatic N) is 1. The minimum atomic E-state index is -0.710. The summed E-state index contributed by atoms with van der Waals surface area (Å²) >= 11 is 0. The van der Waals surface area contributed by atoms with E-state index in [1.807, 2.05) is 93.6 Å². The van der Waals surface area contributed by atoms with E-state index in [0.717, 1.165) is 22.4 Å². The summed E-state index contributed by atoms with van der Waals surface area (Å²) in [6.07, 6.45) is 1.33. The Morgan fingerprint density at radius 1 is 0.930 bits per heavy atom. The highest BCUT2D eigenvalue weighted by atomic mass is 16.5. The van der Waals surface area contributed by atoms with Crippen molar-refractivity contribution < 1.29 is 28.5 Å². The third-order valence-corrected chi connectivity index (χ3v) is 8.38. The van der Waals surface area contributed by atoms with Gasteiger partial charge in [0.2, 0.25) is 0 Å². The summed E-state index contributed by atoms with van der Waals surface area (Å²) in [6, 6.07) is 23.4. The minimum absolute atomic E-state index is 0.0146. The number of Topliss-reactive ketones (excluding diaryl/α,β-unsaturated/α-hetero) is 1. The van der Waals surface area contributed by atoms with Crippen molar-refractivity contribution in [3.63, 3.8) is 0 Å². The van der Waals surface area contributed by atoms with E-state index in [0.29, 0.717) is 54.4 Å². The average Bonchev–Trinajstić information content (AvgIpc) is 3.03. The molecule has 43 heavy (non-hydrogen) atoms. The number of esters is 1. The molecular weight excluding hydrogens is 542 g/mol. The predicted molar refractivity (Wildman–Crippen MR) is 166 cm³/mol. The van der Waals surface area contributed by atoms with Gasteiger partial charge in [0.15, 0.2) is 17.3 Å². The van der Waals surface area contributed by atoms with Crippen molar-refractivity contribution in [1.29, 1.82) is 0 Å². The molecule has 0 N–H and O–H groups in total. The predicted octanol–water partition coefficient (Wildman–Crippen LogP) is 7.20. The van der Waals surface area contributed by atoms with Gasteiger partial charge in [-0.1, -0.05) is 55.5 Å². The maximum absolute atomic E-state index is 14.1. The first kappa shape index (κ1) is 30.1. The van der Waals surface area contributed by atoms with E-state index in [1.165, 1.54) is 0 Å². The van der Waals surface area contributed by atoms with Gasteiger partial charge in [0, 0.05) is 29.3 Å². The molecular formula is C36H39NO6. The Morgan fingerprint density at radius 3 is 2.42 bits per heavy atom. The summed E-state index contributed by atoms with van der Waals surface area (Å²) in [7, 11) is 3.20. The molecule has 0 radical (unpaired) electrons. The van der Waals surface area contributed by atoms with E-state index < -0.39 is 11.8 Å². The zero-order chi connectivity index (χ0) is 30.5. The number of carbonyl (C=O) groups excluding carboxylic acids is 2. The number of carbonyl (C=O) groups is 2. The SMILES string of the molecule is CC[C@@H](C)OC(=O)C1C(C)=NC2=C(C(=O)C[C@H](c3ccc(OC)c(OC)c3)C2)[C@@H]1c1cccc(OCc2ccccc2)c1. The van der Waals surface area contributed by atoms with Gasteiger partial charge < -0.3 is 18.9 Å². The van der Waals surface area contributed by atoms with Crippen molar-refractivity contribution in [2.24, 2.45) is 10.9 Å². The van der Waals surface area contributed by atoms with E-state index >= 15 is 0 Å². The Labute approximate surface area is 253 Å². The van der Waals surface area contributed by atoms with Crippen LogP contribution in [0.25, 0.3) is 0 Å². The highest BCUT2D eigenvalue weighted by molar-refractivity contribution is 6.09. The van der Waals surface area contributed by atoms with Crippen molar-refractivity contribution in [2.75, 3.05) is 14.2 Å². The summed E-state index contributed by atoms with van der Waals surface area (Å²) in [5, 5.41) is 0. The lowest BCUT2D eigenvalue weighted by Crippen LogP contribution is -2.39. The lowest BCUT2D eigenvalue weighted by atomic mass is 9.69. The Balaban J connectivity index is 1.52. The number of benzene rings is 3. The van der Waals surface area contributed by atoms with Gasteiger partial charge in [-0.3, -0.25) is 14.6 Å². The molecule has 1 aliphatic carbocycles. The van der Waals surface area contributed by atoms with Gasteiger partial charge in [-0.25, -0.2) is 0 Å². The van der Waals surface area contributed by atoms with Crippen molar-refractivity contribution in [1.82, 2.24) is 0 Å². The molecule has 5 rings (SSSR count). The first-order chi connectivity index (χ1) is 20.8. The Kier molecular flexibility index (Phi) is 9.29. The van der Waals surface area contributed by atoms with Crippen molar-refractivity contribution in [3.05, 3.63) is 101 Å². The van der Waals surface area contributed by atoms with E-state index in [1.54, 1.807) is 14.2 Å². The van der Waals surface area contributed by atoms with Crippen molar-refractivity contribution >= 4 is 17.5 Å². The van der Waals surface area contributed by atoms with Crippen molar-refractivity contribution in [3.8, 4) is 17.2 Å². The topological polar surface area (TPSA) is 83.4 Å². The van der Waals surface area contributed by atoms with Gasteiger partial charge in [-0.05, 0) is 73.6 Å². The Hall–Kier alpha value is -4.39. The maximum Gasteiger partial charge on any atom is 0.315 e. The van der Waals surface area contributed by atoms with Gasteiger partial charge in [0.1, 0.15) is 18.3 Å². The van der Waals surface area contributed by atoms with E-state index in [2.05, 4.69) is 0 Å².